The van der Waals surface area contributed by atoms with Crippen LogP contribution < -0.4 is 10.5 Å². The second-order valence-electron chi connectivity index (χ2n) is 4.40. The van der Waals surface area contributed by atoms with Crippen molar-refractivity contribution >= 4 is 5.78 Å². The standard InChI is InChI=1S/C13H17NO2/c1-16-11-5-2-4-10(8-11)12(15)13(9-14)6-3-7-13/h2,4-5,8H,3,6-7,9,14H2,1H3. The second-order valence-corrected chi connectivity index (χ2v) is 4.40. The summed E-state index contributed by atoms with van der Waals surface area (Å²) in [6, 6.07) is 7.31. The van der Waals surface area contributed by atoms with Crippen LogP contribution in [0.15, 0.2) is 24.3 Å². The normalized spacial score (nSPS) is 17.6. The Labute approximate surface area is 95.6 Å². The number of nitrogens with two attached hydrogens (primary N) is 1. The first kappa shape index (κ1) is 11.1. The minimum absolute atomic E-state index is 0.167. The molecule has 3 nitrogen and oxygen atoms in total. The van der Waals surface area contributed by atoms with Crippen molar-refractivity contribution in [3.63, 3.8) is 0 Å². The van der Waals surface area contributed by atoms with Gasteiger partial charge in [-0.1, -0.05) is 18.6 Å². The summed E-state index contributed by atoms with van der Waals surface area (Å²) in [7, 11) is 1.60. The zero-order chi connectivity index (χ0) is 11.6. The fraction of sp³-hybridized carbons (Fsp3) is 0.462. The van der Waals surface area contributed by atoms with Crippen LogP contribution in [-0.2, 0) is 0 Å². The van der Waals surface area contributed by atoms with Crippen molar-refractivity contribution < 1.29 is 9.53 Å². The molecule has 0 aliphatic heterocycles. The van der Waals surface area contributed by atoms with E-state index in [4.69, 9.17) is 10.5 Å². The van der Waals surface area contributed by atoms with Crippen molar-refractivity contribution in [1.82, 2.24) is 0 Å². The summed E-state index contributed by atoms with van der Waals surface area (Å²) in [5.74, 6) is 0.887. The van der Waals surface area contributed by atoms with E-state index in [0.29, 0.717) is 12.1 Å². The van der Waals surface area contributed by atoms with E-state index in [1.165, 1.54) is 0 Å². The highest BCUT2D eigenvalue weighted by atomic mass is 16.5. The second kappa shape index (κ2) is 4.26. The smallest absolute Gasteiger partial charge is 0.170 e. The zero-order valence-corrected chi connectivity index (χ0v) is 9.53. The largest absolute Gasteiger partial charge is 0.497 e. The molecule has 1 aliphatic carbocycles. The van der Waals surface area contributed by atoms with Gasteiger partial charge in [0.1, 0.15) is 5.75 Å². The third-order valence-electron chi connectivity index (χ3n) is 3.51. The van der Waals surface area contributed by atoms with Gasteiger partial charge in [-0.15, -0.1) is 0 Å². The summed E-state index contributed by atoms with van der Waals surface area (Å²) in [5, 5.41) is 0. The van der Waals surface area contributed by atoms with Crippen molar-refractivity contribution in [2.45, 2.75) is 19.3 Å². The number of ketones is 1. The van der Waals surface area contributed by atoms with Crippen molar-refractivity contribution in [2.75, 3.05) is 13.7 Å². The summed E-state index contributed by atoms with van der Waals surface area (Å²) in [6.07, 6.45) is 2.94. The molecule has 0 unspecified atom stereocenters. The lowest BCUT2D eigenvalue weighted by Gasteiger charge is -2.39. The Morgan fingerprint density at radius 3 is 2.75 bits per heavy atom. The molecule has 1 saturated carbocycles. The van der Waals surface area contributed by atoms with Gasteiger partial charge in [0.15, 0.2) is 5.78 Å². The van der Waals surface area contributed by atoms with Crippen LogP contribution in [0.2, 0.25) is 0 Å². The molecule has 16 heavy (non-hydrogen) atoms. The molecule has 0 aromatic heterocycles. The number of ether oxygens (including phenoxy) is 1. The lowest BCUT2D eigenvalue weighted by Crippen LogP contribution is -2.44. The Bertz CT molecular complexity index is 391. The number of benzene rings is 1. The predicted molar refractivity (Wildman–Crippen MR) is 62.7 cm³/mol. The van der Waals surface area contributed by atoms with Gasteiger partial charge in [0.05, 0.1) is 7.11 Å². The molecule has 1 aliphatic rings. The molecule has 0 heterocycles. The van der Waals surface area contributed by atoms with Crippen molar-refractivity contribution in [3.05, 3.63) is 29.8 Å². The van der Waals surface area contributed by atoms with E-state index in [-0.39, 0.29) is 11.2 Å². The quantitative estimate of drug-likeness (QED) is 0.788. The molecule has 0 amide bonds. The Balaban J connectivity index is 2.26. The minimum atomic E-state index is -0.299. The van der Waals surface area contributed by atoms with Gasteiger partial charge < -0.3 is 10.5 Å². The van der Waals surface area contributed by atoms with Crippen LogP contribution in [0.25, 0.3) is 0 Å². The average Bonchev–Trinajstić information content (AvgIpc) is 2.28. The first-order chi connectivity index (χ1) is 7.72. The highest BCUT2D eigenvalue weighted by Gasteiger charge is 2.42. The van der Waals surface area contributed by atoms with E-state index in [2.05, 4.69) is 0 Å². The predicted octanol–water partition coefficient (Wildman–Crippen LogP) is 2.01. The summed E-state index contributed by atoms with van der Waals surface area (Å²) < 4.78 is 5.12. The molecular weight excluding hydrogens is 202 g/mol. The molecule has 0 radical (unpaired) electrons. The molecule has 1 aromatic rings. The van der Waals surface area contributed by atoms with Gasteiger partial charge in [0.25, 0.3) is 0 Å². The van der Waals surface area contributed by atoms with Crippen LogP contribution in [0.5, 0.6) is 5.75 Å². The summed E-state index contributed by atoms with van der Waals surface area (Å²) in [5.41, 5.74) is 6.14. The first-order valence-corrected chi connectivity index (χ1v) is 5.61. The molecule has 0 saturated heterocycles. The third kappa shape index (κ3) is 1.71. The summed E-state index contributed by atoms with van der Waals surface area (Å²) >= 11 is 0. The van der Waals surface area contributed by atoms with Gasteiger partial charge in [-0.3, -0.25) is 4.79 Å². The van der Waals surface area contributed by atoms with Crippen LogP contribution in [0, 0.1) is 5.41 Å². The van der Waals surface area contributed by atoms with Gasteiger partial charge in [0, 0.05) is 17.5 Å². The molecule has 2 N–H and O–H groups in total. The van der Waals surface area contributed by atoms with E-state index in [1.807, 2.05) is 18.2 Å². The van der Waals surface area contributed by atoms with Gasteiger partial charge in [0.2, 0.25) is 0 Å². The van der Waals surface area contributed by atoms with Crippen LogP contribution >= 0.6 is 0 Å². The Hall–Kier alpha value is -1.35. The molecule has 0 spiro atoms. The number of Topliss-reactive ketones (excluding diaryl/α,β-unsaturated/α-hetero) is 1. The van der Waals surface area contributed by atoms with Gasteiger partial charge >= 0.3 is 0 Å². The van der Waals surface area contributed by atoms with Crippen LogP contribution in [-0.4, -0.2) is 19.4 Å². The maximum Gasteiger partial charge on any atom is 0.170 e. The topological polar surface area (TPSA) is 52.3 Å². The molecule has 1 aromatic carbocycles. The van der Waals surface area contributed by atoms with Crippen molar-refractivity contribution in [1.29, 1.82) is 0 Å². The lowest BCUT2D eigenvalue weighted by atomic mass is 9.64. The number of hydrogen-bond acceptors (Lipinski definition) is 3. The number of methoxy groups -OCH3 is 1. The number of rotatable bonds is 4. The maximum absolute atomic E-state index is 12.3. The van der Waals surface area contributed by atoms with Crippen LogP contribution in [0.3, 0.4) is 0 Å². The molecule has 1 fully saturated rings. The van der Waals surface area contributed by atoms with Crippen molar-refractivity contribution in [2.24, 2.45) is 11.1 Å². The van der Waals surface area contributed by atoms with Crippen LogP contribution in [0.1, 0.15) is 29.6 Å². The van der Waals surface area contributed by atoms with Gasteiger partial charge in [-0.05, 0) is 25.0 Å². The maximum atomic E-state index is 12.3. The van der Waals surface area contributed by atoms with Crippen LogP contribution in [0.4, 0.5) is 0 Å². The molecule has 0 bridgehead atoms. The Morgan fingerprint density at radius 2 is 2.25 bits per heavy atom. The van der Waals surface area contributed by atoms with E-state index >= 15 is 0 Å². The molecule has 86 valence electrons. The van der Waals surface area contributed by atoms with E-state index in [9.17, 15) is 4.79 Å². The summed E-state index contributed by atoms with van der Waals surface area (Å²) in [6.45, 7) is 0.447. The minimum Gasteiger partial charge on any atom is -0.497 e. The van der Waals surface area contributed by atoms with Gasteiger partial charge in [-0.2, -0.15) is 0 Å². The SMILES string of the molecule is COc1cccc(C(=O)C2(CN)CCC2)c1. The van der Waals surface area contributed by atoms with E-state index in [1.54, 1.807) is 13.2 Å². The number of carbonyl (C=O) groups is 1. The average molecular weight is 219 g/mol. The molecule has 3 heteroatoms. The zero-order valence-electron chi connectivity index (χ0n) is 9.53. The first-order valence-electron chi connectivity index (χ1n) is 5.61. The molecular formula is C13H17NO2. The van der Waals surface area contributed by atoms with Crippen molar-refractivity contribution in [3.8, 4) is 5.75 Å². The number of hydrogen-bond donors (Lipinski definition) is 1. The van der Waals surface area contributed by atoms with E-state index in [0.717, 1.165) is 25.0 Å². The van der Waals surface area contributed by atoms with E-state index < -0.39 is 0 Å². The summed E-state index contributed by atoms with van der Waals surface area (Å²) in [4.78, 5) is 12.3. The Kier molecular flexibility index (Phi) is 2.97. The fourth-order valence-corrected chi connectivity index (χ4v) is 2.20. The fourth-order valence-electron chi connectivity index (χ4n) is 2.20. The molecule has 2 rings (SSSR count). The highest BCUT2D eigenvalue weighted by Crippen LogP contribution is 2.42. The lowest BCUT2D eigenvalue weighted by molar-refractivity contribution is 0.0635. The monoisotopic (exact) mass is 219 g/mol. The number of carbonyl (C=O) groups excluding carboxylic acids is 1. The highest BCUT2D eigenvalue weighted by molar-refractivity contribution is 6.01. The molecule has 0 atom stereocenters. The Morgan fingerprint density at radius 1 is 1.50 bits per heavy atom. The third-order valence-corrected chi connectivity index (χ3v) is 3.51. The van der Waals surface area contributed by atoms with Gasteiger partial charge in [-0.25, -0.2) is 0 Å².